The molecule has 0 radical (unpaired) electrons. The van der Waals surface area contributed by atoms with Gasteiger partial charge in [-0.05, 0) is 47.9 Å². The molecule has 7 nitrogen and oxygen atoms in total. The monoisotopic (exact) mass is 677 g/mol. The first-order valence-corrected chi connectivity index (χ1v) is 16.0. The van der Waals surface area contributed by atoms with Gasteiger partial charge in [-0.1, -0.05) is 78.1 Å². The molecule has 3 aromatic carbocycles. The third-order valence-electron chi connectivity index (χ3n) is 6.40. The molecule has 1 N–H and O–H groups in total. The van der Waals surface area contributed by atoms with Crippen LogP contribution in [0, 0.1) is 0 Å². The Balaban J connectivity index is 2.11. The quantitative estimate of drug-likeness (QED) is 0.234. The van der Waals surface area contributed by atoms with E-state index in [1.807, 2.05) is 6.92 Å². The number of amides is 2. The van der Waals surface area contributed by atoms with Crippen LogP contribution in [0.25, 0.3) is 0 Å². The normalized spacial score (nSPS) is 12.5. The van der Waals surface area contributed by atoms with Crippen molar-refractivity contribution in [2.24, 2.45) is 0 Å². The molecular formula is C29H29Cl3F3N3O4S. The zero-order valence-electron chi connectivity index (χ0n) is 23.2. The van der Waals surface area contributed by atoms with Crippen molar-refractivity contribution in [3.63, 3.8) is 0 Å². The lowest BCUT2D eigenvalue weighted by Gasteiger charge is -2.33. The lowest BCUT2D eigenvalue weighted by molar-refractivity contribution is -0.140. The van der Waals surface area contributed by atoms with Gasteiger partial charge in [0, 0.05) is 29.6 Å². The van der Waals surface area contributed by atoms with Crippen molar-refractivity contribution in [2.75, 3.05) is 23.7 Å². The largest absolute Gasteiger partial charge is 0.417 e. The Labute approximate surface area is 263 Å². The molecular weight excluding hydrogens is 650 g/mol. The Morgan fingerprint density at radius 1 is 0.953 bits per heavy atom. The molecule has 0 saturated heterocycles. The van der Waals surface area contributed by atoms with Crippen molar-refractivity contribution >= 4 is 62.3 Å². The topological polar surface area (TPSA) is 86.8 Å². The van der Waals surface area contributed by atoms with Gasteiger partial charge in [0.05, 0.1) is 22.5 Å². The third kappa shape index (κ3) is 9.50. The maximum Gasteiger partial charge on any atom is 0.417 e. The summed E-state index contributed by atoms with van der Waals surface area (Å²) in [7, 11) is -4.30. The molecule has 0 aliphatic carbocycles. The molecule has 2 amide bonds. The van der Waals surface area contributed by atoms with Crippen LogP contribution < -0.4 is 9.62 Å². The zero-order chi connectivity index (χ0) is 31.9. The van der Waals surface area contributed by atoms with Crippen LogP contribution in [-0.4, -0.2) is 50.5 Å². The van der Waals surface area contributed by atoms with Crippen molar-refractivity contribution in [3.8, 4) is 0 Å². The lowest BCUT2D eigenvalue weighted by atomic mass is 10.0. The SMILES string of the molecule is CCCNC(=O)C(Cc1ccccc1)N(Cc1ccc(Cl)cc1Cl)C(=O)CN(c1ccc(Cl)c(C(F)(F)F)c1)S(C)(=O)=O. The van der Waals surface area contributed by atoms with E-state index in [0.29, 0.717) is 39.5 Å². The minimum absolute atomic E-state index is 0.0609. The van der Waals surface area contributed by atoms with Gasteiger partial charge in [0.1, 0.15) is 12.6 Å². The van der Waals surface area contributed by atoms with Gasteiger partial charge in [0.25, 0.3) is 0 Å². The summed E-state index contributed by atoms with van der Waals surface area (Å²) in [6.45, 7) is 1.04. The van der Waals surface area contributed by atoms with Crippen LogP contribution in [0.3, 0.4) is 0 Å². The van der Waals surface area contributed by atoms with Crippen LogP contribution in [0.5, 0.6) is 0 Å². The fourth-order valence-corrected chi connectivity index (χ4v) is 5.79. The van der Waals surface area contributed by atoms with E-state index in [2.05, 4.69) is 5.32 Å². The van der Waals surface area contributed by atoms with Crippen molar-refractivity contribution in [1.29, 1.82) is 0 Å². The van der Waals surface area contributed by atoms with Gasteiger partial charge in [0.2, 0.25) is 21.8 Å². The number of benzene rings is 3. The fourth-order valence-electron chi connectivity index (χ4n) is 4.25. The summed E-state index contributed by atoms with van der Waals surface area (Å²) in [4.78, 5) is 28.7. The minimum atomic E-state index is -4.88. The molecule has 0 fully saturated rings. The summed E-state index contributed by atoms with van der Waals surface area (Å²) in [5, 5.41) is 2.68. The summed E-state index contributed by atoms with van der Waals surface area (Å²) in [6.07, 6.45) is -3.44. The molecule has 0 aromatic heterocycles. The predicted molar refractivity (Wildman–Crippen MR) is 163 cm³/mol. The van der Waals surface area contributed by atoms with E-state index in [0.717, 1.165) is 18.4 Å². The highest BCUT2D eigenvalue weighted by Gasteiger charge is 2.36. The molecule has 1 unspecified atom stereocenters. The summed E-state index contributed by atoms with van der Waals surface area (Å²) in [5.74, 6) is -1.35. The molecule has 0 saturated carbocycles. The molecule has 3 aromatic rings. The van der Waals surface area contributed by atoms with E-state index in [4.69, 9.17) is 34.8 Å². The number of nitrogens with zero attached hydrogens (tertiary/aromatic N) is 2. The van der Waals surface area contributed by atoms with Crippen molar-refractivity contribution in [3.05, 3.63) is 98.5 Å². The van der Waals surface area contributed by atoms with Gasteiger partial charge < -0.3 is 10.2 Å². The highest BCUT2D eigenvalue weighted by Crippen LogP contribution is 2.37. The second-order valence-corrected chi connectivity index (χ2v) is 12.8. The number of halogens is 6. The lowest BCUT2D eigenvalue weighted by Crippen LogP contribution is -2.53. The van der Waals surface area contributed by atoms with E-state index in [1.54, 1.807) is 42.5 Å². The average Bonchev–Trinajstić information content (AvgIpc) is 2.93. The molecule has 0 aliphatic heterocycles. The van der Waals surface area contributed by atoms with Crippen molar-refractivity contribution in [2.45, 2.75) is 38.5 Å². The Bertz CT molecular complexity index is 1560. The second-order valence-electron chi connectivity index (χ2n) is 9.69. The molecule has 14 heteroatoms. The van der Waals surface area contributed by atoms with Gasteiger partial charge in [-0.25, -0.2) is 8.42 Å². The standard InChI is InChI=1S/C29H29Cl3F3N3O4S/c1-3-13-36-28(40)26(14-19-7-5-4-6-8-19)37(17-20-9-10-21(30)15-25(20)32)27(39)18-38(43(2,41)42)22-11-12-24(31)23(16-22)29(33,34)35/h4-12,15-16,26H,3,13-14,17-18H2,1-2H3,(H,36,40). The van der Waals surface area contributed by atoms with Crippen LogP contribution in [0.15, 0.2) is 66.7 Å². The maximum atomic E-state index is 14.0. The number of anilines is 1. The first kappa shape index (κ1) is 34.5. The molecule has 0 heterocycles. The zero-order valence-corrected chi connectivity index (χ0v) is 26.3. The van der Waals surface area contributed by atoms with E-state index in [1.165, 1.54) is 11.0 Å². The molecule has 1 atom stereocenters. The molecule has 3 rings (SSSR count). The second kappa shape index (κ2) is 14.7. The van der Waals surface area contributed by atoms with Crippen LogP contribution in [0.2, 0.25) is 15.1 Å². The molecule has 232 valence electrons. The van der Waals surface area contributed by atoms with E-state index >= 15 is 0 Å². The third-order valence-corrected chi connectivity index (χ3v) is 8.46. The minimum Gasteiger partial charge on any atom is -0.354 e. The molecule has 0 aliphatic rings. The molecule has 43 heavy (non-hydrogen) atoms. The highest BCUT2D eigenvalue weighted by molar-refractivity contribution is 7.92. The van der Waals surface area contributed by atoms with Crippen molar-refractivity contribution in [1.82, 2.24) is 10.2 Å². The summed E-state index contributed by atoms with van der Waals surface area (Å²) in [5.41, 5.74) is -0.560. The number of carbonyl (C=O) groups is 2. The number of hydrogen-bond acceptors (Lipinski definition) is 4. The number of carbonyl (C=O) groups excluding carboxylic acids is 2. The summed E-state index contributed by atoms with van der Waals surface area (Å²) >= 11 is 18.2. The van der Waals surface area contributed by atoms with Gasteiger partial charge in [-0.3, -0.25) is 13.9 Å². The van der Waals surface area contributed by atoms with Gasteiger partial charge in [0.15, 0.2) is 0 Å². The number of hydrogen-bond donors (Lipinski definition) is 1. The maximum absolute atomic E-state index is 14.0. The summed E-state index contributed by atoms with van der Waals surface area (Å²) in [6, 6.07) is 14.8. The van der Waals surface area contributed by atoms with Gasteiger partial charge >= 0.3 is 6.18 Å². The van der Waals surface area contributed by atoms with Gasteiger partial charge in [-0.2, -0.15) is 13.2 Å². The fraction of sp³-hybridized carbons (Fsp3) is 0.310. The van der Waals surface area contributed by atoms with E-state index in [9.17, 15) is 31.2 Å². The van der Waals surface area contributed by atoms with E-state index in [-0.39, 0.29) is 18.0 Å². The Kier molecular flexibility index (Phi) is 11.8. The summed E-state index contributed by atoms with van der Waals surface area (Å²) < 4.78 is 67.0. The average molecular weight is 679 g/mol. The Morgan fingerprint density at radius 3 is 2.21 bits per heavy atom. The first-order chi connectivity index (χ1) is 20.1. The number of sulfonamides is 1. The molecule has 0 bridgehead atoms. The highest BCUT2D eigenvalue weighted by atomic mass is 35.5. The Hall–Kier alpha value is -2.99. The number of nitrogens with one attached hydrogen (secondary N) is 1. The predicted octanol–water partition coefficient (Wildman–Crippen LogP) is 6.60. The van der Waals surface area contributed by atoms with E-state index < -0.39 is 56.9 Å². The molecule has 0 spiro atoms. The van der Waals surface area contributed by atoms with Crippen LogP contribution in [-0.2, 0) is 38.8 Å². The first-order valence-electron chi connectivity index (χ1n) is 13.0. The number of alkyl halides is 3. The van der Waals surface area contributed by atoms with Gasteiger partial charge in [-0.15, -0.1) is 0 Å². The Morgan fingerprint density at radius 2 is 1.63 bits per heavy atom. The number of rotatable bonds is 12. The van der Waals surface area contributed by atoms with Crippen LogP contribution in [0.1, 0.15) is 30.0 Å². The van der Waals surface area contributed by atoms with Crippen LogP contribution in [0.4, 0.5) is 18.9 Å². The smallest absolute Gasteiger partial charge is 0.354 e. The van der Waals surface area contributed by atoms with Crippen molar-refractivity contribution < 1.29 is 31.2 Å². The van der Waals surface area contributed by atoms with Crippen LogP contribution >= 0.6 is 34.8 Å².